The zero-order valence-electron chi connectivity index (χ0n) is 15.4. The van der Waals surface area contributed by atoms with E-state index in [-0.39, 0.29) is 18.3 Å². The molecule has 1 fully saturated rings. The van der Waals surface area contributed by atoms with Crippen molar-refractivity contribution in [3.05, 3.63) is 48.0 Å². The molecule has 1 unspecified atom stereocenters. The Kier molecular flexibility index (Phi) is 3.79. The van der Waals surface area contributed by atoms with Gasteiger partial charge in [0.25, 0.3) is 11.8 Å². The maximum absolute atomic E-state index is 13.1. The number of rotatable bonds is 4. The summed E-state index contributed by atoms with van der Waals surface area (Å²) in [6, 6.07) is 7.98. The number of aromatic nitrogens is 2. The quantitative estimate of drug-likeness (QED) is 0.666. The Balaban J connectivity index is 1.39. The number of benzene rings is 1. The number of hydrogen-bond donors (Lipinski definition) is 1. The van der Waals surface area contributed by atoms with Crippen LogP contribution in [0, 0.1) is 0 Å². The fourth-order valence-electron chi connectivity index (χ4n) is 3.34. The van der Waals surface area contributed by atoms with Gasteiger partial charge in [-0.3, -0.25) is 9.69 Å². The lowest BCUT2D eigenvalue weighted by Gasteiger charge is -2.25. The summed E-state index contributed by atoms with van der Waals surface area (Å²) < 4.78 is 21.8. The Morgan fingerprint density at radius 3 is 2.76 bits per heavy atom. The van der Waals surface area contributed by atoms with E-state index in [9.17, 15) is 9.59 Å². The first-order valence-electron chi connectivity index (χ1n) is 8.95. The van der Waals surface area contributed by atoms with Gasteiger partial charge in [-0.1, -0.05) is 6.07 Å². The zero-order chi connectivity index (χ0) is 20.0. The van der Waals surface area contributed by atoms with Crippen molar-refractivity contribution < 1.29 is 27.9 Å². The van der Waals surface area contributed by atoms with Gasteiger partial charge in [0.05, 0.1) is 6.26 Å². The minimum atomic E-state index is -1.25. The monoisotopic (exact) mass is 396 g/mol. The van der Waals surface area contributed by atoms with Crippen molar-refractivity contribution >= 4 is 11.9 Å². The van der Waals surface area contributed by atoms with Crippen LogP contribution in [0.4, 0.5) is 4.79 Å². The fraction of sp³-hybridized carbons (Fsp3) is 0.263. The summed E-state index contributed by atoms with van der Waals surface area (Å²) in [5, 5.41) is 10.5. The van der Waals surface area contributed by atoms with Crippen molar-refractivity contribution in [2.24, 2.45) is 0 Å². The predicted molar refractivity (Wildman–Crippen MR) is 95.9 cm³/mol. The number of imide groups is 1. The van der Waals surface area contributed by atoms with E-state index in [2.05, 4.69) is 15.5 Å². The van der Waals surface area contributed by atoms with Crippen LogP contribution in [0.25, 0.3) is 11.7 Å². The van der Waals surface area contributed by atoms with Gasteiger partial charge in [-0.25, -0.2) is 4.79 Å². The molecule has 5 rings (SSSR count). The molecule has 3 amide bonds. The number of nitrogens with zero attached hydrogens (tertiary/aromatic N) is 3. The number of urea groups is 1. The number of amides is 3. The molecule has 1 N–H and O–H groups in total. The molecule has 0 saturated carbocycles. The second-order valence-corrected chi connectivity index (χ2v) is 6.78. The van der Waals surface area contributed by atoms with Crippen molar-refractivity contribution in [2.75, 3.05) is 13.2 Å². The van der Waals surface area contributed by atoms with Crippen LogP contribution in [0.15, 0.2) is 45.4 Å². The summed E-state index contributed by atoms with van der Waals surface area (Å²) in [5.41, 5.74) is -0.666. The lowest BCUT2D eigenvalue weighted by molar-refractivity contribution is -0.131. The second-order valence-electron chi connectivity index (χ2n) is 6.78. The third-order valence-electron chi connectivity index (χ3n) is 4.89. The minimum Gasteiger partial charge on any atom is -0.486 e. The highest BCUT2D eigenvalue weighted by molar-refractivity contribution is 6.07. The molecule has 2 aliphatic heterocycles. The van der Waals surface area contributed by atoms with E-state index in [4.69, 9.17) is 18.3 Å². The molecule has 1 saturated heterocycles. The molecule has 0 aliphatic carbocycles. The average molecular weight is 396 g/mol. The molecule has 4 heterocycles. The Hall–Kier alpha value is -3.82. The van der Waals surface area contributed by atoms with Gasteiger partial charge in [0, 0.05) is 0 Å². The SMILES string of the molecule is CC1(c2ccc3c(c2)OCCO3)NC(=O)N(Cc2nnc(-c3ccco3)o2)C1=O. The number of carbonyl (C=O) groups excluding carboxylic acids is 2. The number of fused-ring (bicyclic) bond motifs is 1. The molecule has 148 valence electrons. The van der Waals surface area contributed by atoms with Crippen LogP contribution in [0.1, 0.15) is 18.4 Å². The fourth-order valence-corrected chi connectivity index (χ4v) is 3.34. The van der Waals surface area contributed by atoms with E-state index < -0.39 is 17.5 Å². The Morgan fingerprint density at radius 2 is 1.97 bits per heavy atom. The highest BCUT2D eigenvalue weighted by Crippen LogP contribution is 2.37. The van der Waals surface area contributed by atoms with Crippen LogP contribution < -0.4 is 14.8 Å². The zero-order valence-corrected chi connectivity index (χ0v) is 15.4. The molecule has 10 nitrogen and oxygen atoms in total. The van der Waals surface area contributed by atoms with E-state index in [0.717, 1.165) is 4.90 Å². The van der Waals surface area contributed by atoms with Crippen molar-refractivity contribution in [2.45, 2.75) is 19.0 Å². The summed E-state index contributed by atoms with van der Waals surface area (Å²) in [7, 11) is 0. The molecule has 1 aromatic carbocycles. The second kappa shape index (κ2) is 6.36. The van der Waals surface area contributed by atoms with E-state index in [1.807, 2.05) is 0 Å². The van der Waals surface area contributed by atoms with Crippen LogP contribution in [-0.2, 0) is 16.9 Å². The highest BCUT2D eigenvalue weighted by Gasteiger charge is 2.49. The summed E-state index contributed by atoms with van der Waals surface area (Å²) in [6.45, 7) is 2.38. The van der Waals surface area contributed by atoms with Crippen molar-refractivity contribution in [1.29, 1.82) is 0 Å². The van der Waals surface area contributed by atoms with Crippen LogP contribution in [0.3, 0.4) is 0 Å². The van der Waals surface area contributed by atoms with E-state index in [1.165, 1.54) is 6.26 Å². The van der Waals surface area contributed by atoms with Gasteiger partial charge in [0.1, 0.15) is 25.3 Å². The van der Waals surface area contributed by atoms with Crippen molar-refractivity contribution in [1.82, 2.24) is 20.4 Å². The number of carbonyl (C=O) groups is 2. The summed E-state index contributed by atoms with van der Waals surface area (Å²) in [5.74, 6) is 1.40. The molecule has 1 atom stereocenters. The lowest BCUT2D eigenvalue weighted by atomic mass is 9.91. The van der Waals surface area contributed by atoms with Gasteiger partial charge in [0.2, 0.25) is 5.89 Å². The van der Waals surface area contributed by atoms with Gasteiger partial charge in [0.15, 0.2) is 17.3 Å². The molecular weight excluding hydrogens is 380 g/mol. The van der Waals surface area contributed by atoms with Gasteiger partial charge in [-0.05, 0) is 36.8 Å². The molecule has 29 heavy (non-hydrogen) atoms. The molecule has 2 aromatic heterocycles. The van der Waals surface area contributed by atoms with Gasteiger partial charge < -0.3 is 23.6 Å². The van der Waals surface area contributed by atoms with Crippen molar-refractivity contribution in [3.8, 4) is 23.1 Å². The summed E-state index contributed by atoms with van der Waals surface area (Å²) in [4.78, 5) is 26.7. The van der Waals surface area contributed by atoms with Gasteiger partial charge >= 0.3 is 6.03 Å². The van der Waals surface area contributed by atoms with E-state index >= 15 is 0 Å². The molecule has 0 bridgehead atoms. The molecule has 0 radical (unpaired) electrons. The van der Waals surface area contributed by atoms with Gasteiger partial charge in [-0.15, -0.1) is 10.2 Å². The van der Waals surface area contributed by atoms with E-state index in [1.54, 1.807) is 37.3 Å². The first-order chi connectivity index (χ1) is 14.0. The normalized spacial score (nSPS) is 20.8. The molecule has 10 heteroatoms. The number of ether oxygens (including phenoxy) is 2. The summed E-state index contributed by atoms with van der Waals surface area (Å²) in [6.07, 6.45) is 1.48. The molecule has 3 aromatic rings. The average Bonchev–Trinajstić information content (AvgIpc) is 3.46. The predicted octanol–water partition coefficient (Wildman–Crippen LogP) is 2.07. The number of hydrogen-bond acceptors (Lipinski definition) is 8. The molecular formula is C19H16N4O6. The smallest absolute Gasteiger partial charge is 0.325 e. The van der Waals surface area contributed by atoms with Crippen LogP contribution in [-0.4, -0.2) is 40.2 Å². The van der Waals surface area contributed by atoms with Crippen LogP contribution in [0.5, 0.6) is 11.5 Å². The first kappa shape index (κ1) is 17.3. The Bertz CT molecular complexity index is 1090. The molecule has 0 spiro atoms. The third-order valence-corrected chi connectivity index (χ3v) is 4.89. The maximum atomic E-state index is 13.1. The lowest BCUT2D eigenvalue weighted by Crippen LogP contribution is -2.41. The highest BCUT2D eigenvalue weighted by atomic mass is 16.6. The number of furan rings is 1. The summed E-state index contributed by atoms with van der Waals surface area (Å²) >= 11 is 0. The first-order valence-corrected chi connectivity index (χ1v) is 8.95. The number of nitrogens with one attached hydrogen (secondary N) is 1. The van der Waals surface area contributed by atoms with Gasteiger partial charge in [-0.2, -0.15) is 0 Å². The topological polar surface area (TPSA) is 120 Å². The maximum Gasteiger partial charge on any atom is 0.325 e. The minimum absolute atomic E-state index is 0.117. The third kappa shape index (κ3) is 2.80. The Labute approximate surface area is 164 Å². The van der Waals surface area contributed by atoms with E-state index in [0.29, 0.717) is 36.0 Å². The van der Waals surface area contributed by atoms with Crippen LogP contribution >= 0.6 is 0 Å². The Morgan fingerprint density at radius 1 is 1.14 bits per heavy atom. The molecule has 2 aliphatic rings. The largest absolute Gasteiger partial charge is 0.486 e. The van der Waals surface area contributed by atoms with Crippen LogP contribution in [0.2, 0.25) is 0 Å². The van der Waals surface area contributed by atoms with Crippen molar-refractivity contribution in [3.63, 3.8) is 0 Å². The standard InChI is InChI=1S/C19H16N4O6/c1-19(11-4-5-12-14(9-11)28-8-7-27-12)17(24)23(18(25)20-19)10-15-21-22-16(29-15)13-3-2-6-26-13/h2-6,9H,7-8,10H2,1H3,(H,20,25).